The van der Waals surface area contributed by atoms with Crippen molar-refractivity contribution >= 4 is 65.7 Å². The monoisotopic (exact) mass is 429 g/mol. The minimum absolute atomic E-state index is 0.0146. The van der Waals surface area contributed by atoms with Crippen LogP contribution in [0.25, 0.3) is 20.4 Å². The zero-order valence-electron chi connectivity index (χ0n) is 14.8. The smallest absolute Gasteiger partial charge is 0.289 e. The summed E-state index contributed by atoms with van der Waals surface area (Å²) >= 11 is 9.17. The summed E-state index contributed by atoms with van der Waals surface area (Å²) in [7, 11) is 0. The SMILES string of the molecule is O=C(c1nc2ccccc2s1)N(CC1CCCO1)c1nc2c(Cl)cccc2s1. The molecule has 1 atom stereocenters. The summed E-state index contributed by atoms with van der Waals surface area (Å²) in [6, 6.07) is 13.5. The summed E-state index contributed by atoms with van der Waals surface area (Å²) in [6.45, 7) is 1.20. The van der Waals surface area contributed by atoms with Gasteiger partial charge in [0, 0.05) is 6.61 Å². The van der Waals surface area contributed by atoms with Crippen molar-refractivity contribution in [1.29, 1.82) is 0 Å². The van der Waals surface area contributed by atoms with Crippen molar-refractivity contribution in [3.63, 3.8) is 0 Å². The number of thiazole rings is 2. The van der Waals surface area contributed by atoms with Gasteiger partial charge >= 0.3 is 0 Å². The first-order chi connectivity index (χ1) is 13.7. The molecule has 1 amide bonds. The lowest BCUT2D eigenvalue weighted by Gasteiger charge is -2.22. The molecule has 1 aliphatic rings. The zero-order valence-corrected chi connectivity index (χ0v) is 17.2. The van der Waals surface area contributed by atoms with Crippen LogP contribution in [0.3, 0.4) is 0 Å². The molecule has 5 rings (SSSR count). The molecule has 0 radical (unpaired) electrons. The highest BCUT2D eigenvalue weighted by molar-refractivity contribution is 7.23. The third-order valence-corrected chi connectivity index (χ3v) is 7.09. The van der Waals surface area contributed by atoms with E-state index in [1.54, 1.807) is 4.90 Å². The zero-order chi connectivity index (χ0) is 19.1. The van der Waals surface area contributed by atoms with Gasteiger partial charge in [0.1, 0.15) is 5.52 Å². The highest BCUT2D eigenvalue weighted by Crippen LogP contribution is 2.34. The fourth-order valence-electron chi connectivity index (χ4n) is 3.34. The van der Waals surface area contributed by atoms with Crippen molar-refractivity contribution in [2.45, 2.75) is 18.9 Å². The maximum Gasteiger partial charge on any atom is 0.289 e. The molecule has 1 aliphatic heterocycles. The van der Waals surface area contributed by atoms with Crippen LogP contribution in [0.4, 0.5) is 5.13 Å². The Hall–Kier alpha value is -2.06. The molecule has 0 saturated carbocycles. The van der Waals surface area contributed by atoms with Crippen molar-refractivity contribution in [2.24, 2.45) is 0 Å². The van der Waals surface area contributed by atoms with Gasteiger partial charge in [0.05, 0.1) is 32.6 Å². The number of para-hydroxylation sites is 2. The molecule has 1 unspecified atom stereocenters. The van der Waals surface area contributed by atoms with Crippen molar-refractivity contribution in [3.05, 3.63) is 52.5 Å². The van der Waals surface area contributed by atoms with Gasteiger partial charge in [-0.05, 0) is 37.1 Å². The topological polar surface area (TPSA) is 55.3 Å². The highest BCUT2D eigenvalue weighted by atomic mass is 35.5. The quantitative estimate of drug-likeness (QED) is 0.436. The maximum absolute atomic E-state index is 13.4. The molecule has 1 fully saturated rings. The summed E-state index contributed by atoms with van der Waals surface area (Å²) in [6.07, 6.45) is 1.97. The van der Waals surface area contributed by atoms with Crippen LogP contribution in [0.5, 0.6) is 0 Å². The Morgan fingerprint density at radius 2 is 2.00 bits per heavy atom. The van der Waals surface area contributed by atoms with Gasteiger partial charge in [-0.1, -0.05) is 41.1 Å². The lowest BCUT2D eigenvalue weighted by molar-refractivity contribution is 0.0917. The molecular weight excluding hydrogens is 414 g/mol. The van der Waals surface area contributed by atoms with Crippen LogP contribution in [0.2, 0.25) is 5.02 Å². The van der Waals surface area contributed by atoms with E-state index in [1.165, 1.54) is 22.7 Å². The highest BCUT2D eigenvalue weighted by Gasteiger charge is 2.29. The van der Waals surface area contributed by atoms with Crippen molar-refractivity contribution < 1.29 is 9.53 Å². The number of nitrogens with zero attached hydrogens (tertiary/aromatic N) is 3. The summed E-state index contributed by atoms with van der Waals surface area (Å²) in [5, 5.41) is 1.68. The summed E-state index contributed by atoms with van der Waals surface area (Å²) < 4.78 is 7.74. The van der Waals surface area contributed by atoms with Crippen molar-refractivity contribution in [2.75, 3.05) is 18.1 Å². The first-order valence-corrected chi connectivity index (χ1v) is 11.0. The lowest BCUT2D eigenvalue weighted by atomic mass is 10.2. The van der Waals surface area contributed by atoms with Gasteiger partial charge in [0.2, 0.25) is 0 Å². The molecule has 142 valence electrons. The standard InChI is InChI=1S/C20H16ClN3O2S2/c21-13-6-3-9-16-17(13)23-20(28-16)24(11-12-5-4-10-26-12)19(25)18-22-14-7-1-2-8-15(14)27-18/h1-3,6-9,12H,4-5,10-11H2. The van der Waals surface area contributed by atoms with E-state index in [9.17, 15) is 4.79 Å². The van der Waals surface area contributed by atoms with E-state index in [0.29, 0.717) is 21.7 Å². The largest absolute Gasteiger partial charge is 0.376 e. The van der Waals surface area contributed by atoms with E-state index in [0.717, 1.165) is 39.9 Å². The van der Waals surface area contributed by atoms with E-state index in [1.807, 2.05) is 42.5 Å². The molecule has 0 bridgehead atoms. The van der Waals surface area contributed by atoms with Crippen molar-refractivity contribution in [3.8, 4) is 0 Å². The predicted octanol–water partition coefficient (Wildman–Crippen LogP) is 5.39. The van der Waals surface area contributed by atoms with E-state index in [4.69, 9.17) is 16.3 Å². The van der Waals surface area contributed by atoms with E-state index in [-0.39, 0.29) is 12.0 Å². The fourth-order valence-corrected chi connectivity index (χ4v) is 5.53. The van der Waals surface area contributed by atoms with Gasteiger partial charge in [-0.2, -0.15) is 0 Å². The molecular formula is C20H16ClN3O2S2. The lowest BCUT2D eigenvalue weighted by Crippen LogP contribution is -2.37. The number of anilines is 1. The summed E-state index contributed by atoms with van der Waals surface area (Å²) in [5.74, 6) is -0.146. The second-order valence-electron chi connectivity index (χ2n) is 6.62. The Morgan fingerprint density at radius 1 is 1.14 bits per heavy atom. The fraction of sp³-hybridized carbons (Fsp3) is 0.250. The molecule has 3 heterocycles. The minimum atomic E-state index is -0.146. The summed E-state index contributed by atoms with van der Waals surface area (Å²) in [5.41, 5.74) is 1.55. The minimum Gasteiger partial charge on any atom is -0.376 e. The van der Waals surface area contributed by atoms with Crippen LogP contribution in [-0.2, 0) is 4.74 Å². The summed E-state index contributed by atoms with van der Waals surface area (Å²) in [4.78, 5) is 24.3. The number of halogens is 1. The van der Waals surface area contributed by atoms with Crippen LogP contribution in [0, 0.1) is 0 Å². The molecule has 1 saturated heterocycles. The van der Waals surface area contributed by atoms with Gasteiger partial charge in [0.15, 0.2) is 10.1 Å². The molecule has 0 N–H and O–H groups in total. The number of aromatic nitrogens is 2. The Balaban J connectivity index is 1.56. The Morgan fingerprint density at radius 3 is 2.79 bits per heavy atom. The van der Waals surface area contributed by atoms with E-state index in [2.05, 4.69) is 9.97 Å². The first-order valence-electron chi connectivity index (χ1n) is 9.03. The molecule has 2 aromatic heterocycles. The van der Waals surface area contributed by atoms with Gasteiger partial charge < -0.3 is 4.74 Å². The Labute approximate surface area is 174 Å². The molecule has 4 aromatic rings. The van der Waals surface area contributed by atoms with Crippen LogP contribution in [-0.4, -0.2) is 35.1 Å². The number of hydrogen-bond donors (Lipinski definition) is 0. The maximum atomic E-state index is 13.4. The van der Waals surface area contributed by atoms with Crippen LogP contribution in [0.1, 0.15) is 22.6 Å². The van der Waals surface area contributed by atoms with Crippen molar-refractivity contribution in [1.82, 2.24) is 9.97 Å². The molecule has 0 aliphatic carbocycles. The Kier molecular flexibility index (Phi) is 4.76. The molecule has 5 nitrogen and oxygen atoms in total. The first kappa shape index (κ1) is 18.0. The van der Waals surface area contributed by atoms with Gasteiger partial charge in [0.25, 0.3) is 5.91 Å². The number of amides is 1. The van der Waals surface area contributed by atoms with E-state index < -0.39 is 0 Å². The number of carbonyl (C=O) groups is 1. The number of fused-ring (bicyclic) bond motifs is 2. The third-order valence-electron chi connectivity index (χ3n) is 4.72. The number of ether oxygens (including phenoxy) is 1. The molecule has 2 aromatic carbocycles. The number of hydrogen-bond acceptors (Lipinski definition) is 6. The average Bonchev–Trinajstić information content (AvgIpc) is 3.44. The molecule has 0 spiro atoms. The Bertz CT molecular complexity index is 1130. The number of benzene rings is 2. The van der Waals surface area contributed by atoms with Gasteiger partial charge in [-0.15, -0.1) is 11.3 Å². The average molecular weight is 430 g/mol. The van der Waals surface area contributed by atoms with Gasteiger partial charge in [-0.3, -0.25) is 9.69 Å². The number of rotatable bonds is 4. The van der Waals surface area contributed by atoms with Crippen LogP contribution >= 0.6 is 34.3 Å². The van der Waals surface area contributed by atoms with Crippen LogP contribution < -0.4 is 4.90 Å². The number of carbonyl (C=O) groups excluding carboxylic acids is 1. The van der Waals surface area contributed by atoms with Gasteiger partial charge in [-0.25, -0.2) is 9.97 Å². The van der Waals surface area contributed by atoms with E-state index >= 15 is 0 Å². The molecule has 28 heavy (non-hydrogen) atoms. The third kappa shape index (κ3) is 3.28. The second-order valence-corrected chi connectivity index (χ2v) is 9.07. The second kappa shape index (κ2) is 7.40. The predicted molar refractivity (Wildman–Crippen MR) is 115 cm³/mol. The normalized spacial score (nSPS) is 16.8. The van der Waals surface area contributed by atoms with Crippen LogP contribution in [0.15, 0.2) is 42.5 Å². The molecule has 8 heteroatoms.